The summed E-state index contributed by atoms with van der Waals surface area (Å²) >= 11 is 0. The number of methoxy groups -OCH3 is 3. The molecule has 4 rings (SSSR count). The van der Waals surface area contributed by atoms with E-state index in [0.717, 1.165) is 13.0 Å². The van der Waals surface area contributed by atoms with Crippen LogP contribution in [0.25, 0.3) is 22.3 Å². The number of hydrogen-bond acceptors (Lipinski definition) is 14. The number of esters is 1. The van der Waals surface area contributed by atoms with Crippen LogP contribution in [0.3, 0.4) is 0 Å². The number of phenols is 2. The molecule has 40 heavy (non-hydrogen) atoms. The van der Waals surface area contributed by atoms with Crippen molar-refractivity contribution in [2.24, 2.45) is 0 Å². The molecule has 216 valence electrons. The maximum absolute atomic E-state index is 13.5. The fourth-order valence-corrected chi connectivity index (χ4v) is 4.24. The molecule has 1 aliphatic heterocycles. The minimum Gasteiger partial charge on any atom is -0.504 e. The van der Waals surface area contributed by atoms with Gasteiger partial charge >= 0.3 is 5.97 Å². The maximum Gasteiger partial charge on any atom is 0.302 e. The molecule has 0 saturated carbocycles. The summed E-state index contributed by atoms with van der Waals surface area (Å²) in [5, 5.41) is 52.0. The van der Waals surface area contributed by atoms with Crippen molar-refractivity contribution >= 4 is 16.9 Å². The molecule has 0 bridgehead atoms. The third-order valence-electron chi connectivity index (χ3n) is 6.24. The van der Waals surface area contributed by atoms with Gasteiger partial charge in [-0.3, -0.25) is 9.59 Å². The van der Waals surface area contributed by atoms with E-state index in [1.165, 1.54) is 39.5 Å². The summed E-state index contributed by atoms with van der Waals surface area (Å²) < 4.78 is 37.7. The lowest BCUT2D eigenvalue weighted by atomic mass is 9.99. The topological polar surface area (TPSA) is 204 Å². The van der Waals surface area contributed by atoms with Gasteiger partial charge in [0.25, 0.3) is 0 Å². The Kier molecular flexibility index (Phi) is 8.25. The number of benzene rings is 2. The second-order valence-electron chi connectivity index (χ2n) is 8.75. The number of aliphatic hydroxyl groups excluding tert-OH is 3. The SMILES string of the molecule is COc1ccc(-c2cc(=O)c3c(O[C@@H]4O[C@H](COC(C)=O)[C@@H](O)[C@@H](O)[C@H]4O)c(OC)c(O)c(OC)c3o2)cc1O. The normalized spacial score (nSPS) is 22.5. The predicted molar refractivity (Wildman–Crippen MR) is 135 cm³/mol. The molecule has 2 aromatic carbocycles. The first kappa shape index (κ1) is 28.8. The fourth-order valence-electron chi connectivity index (χ4n) is 4.24. The number of aliphatic hydroxyl groups is 3. The summed E-state index contributed by atoms with van der Waals surface area (Å²) in [5.74, 6) is -2.47. The zero-order chi connectivity index (χ0) is 29.3. The summed E-state index contributed by atoms with van der Waals surface area (Å²) in [5.41, 5.74) is -0.704. The van der Waals surface area contributed by atoms with Gasteiger partial charge < -0.3 is 58.4 Å². The minimum atomic E-state index is -1.85. The van der Waals surface area contributed by atoms with Crippen LogP contribution in [0.15, 0.2) is 33.5 Å². The van der Waals surface area contributed by atoms with Crippen molar-refractivity contribution in [3.63, 3.8) is 0 Å². The van der Waals surface area contributed by atoms with E-state index in [1.807, 2.05) is 0 Å². The quantitative estimate of drug-likeness (QED) is 0.238. The molecule has 0 aliphatic carbocycles. The Morgan fingerprint density at radius 2 is 1.62 bits per heavy atom. The van der Waals surface area contributed by atoms with E-state index >= 15 is 0 Å². The smallest absolute Gasteiger partial charge is 0.302 e. The Balaban J connectivity index is 1.85. The van der Waals surface area contributed by atoms with Gasteiger partial charge in [-0.05, 0) is 18.2 Å². The maximum atomic E-state index is 13.5. The van der Waals surface area contributed by atoms with Crippen LogP contribution in [0.2, 0.25) is 0 Å². The highest BCUT2D eigenvalue weighted by atomic mass is 16.7. The zero-order valence-electron chi connectivity index (χ0n) is 21.8. The molecule has 1 fully saturated rings. The number of phenolic OH excluding ortho intramolecular Hbond substituents is 2. The number of hydrogen-bond donors (Lipinski definition) is 5. The van der Waals surface area contributed by atoms with E-state index in [-0.39, 0.29) is 45.3 Å². The lowest BCUT2D eigenvalue weighted by Crippen LogP contribution is -2.60. The summed E-state index contributed by atoms with van der Waals surface area (Å²) in [7, 11) is 3.76. The van der Waals surface area contributed by atoms with Crippen molar-refractivity contribution < 1.29 is 63.2 Å². The van der Waals surface area contributed by atoms with Crippen LogP contribution < -0.4 is 24.4 Å². The highest BCUT2D eigenvalue weighted by Gasteiger charge is 2.46. The second-order valence-corrected chi connectivity index (χ2v) is 8.75. The molecule has 3 aromatic rings. The second kappa shape index (κ2) is 11.5. The summed E-state index contributed by atoms with van der Waals surface area (Å²) in [6.07, 6.45) is -8.34. The number of carbonyl (C=O) groups excluding carboxylic acids is 1. The molecule has 0 spiro atoms. The van der Waals surface area contributed by atoms with Crippen molar-refractivity contribution in [2.75, 3.05) is 27.9 Å². The van der Waals surface area contributed by atoms with E-state index in [9.17, 15) is 35.1 Å². The van der Waals surface area contributed by atoms with Crippen molar-refractivity contribution in [1.82, 2.24) is 0 Å². The third-order valence-corrected chi connectivity index (χ3v) is 6.24. The molecule has 1 saturated heterocycles. The van der Waals surface area contributed by atoms with Gasteiger partial charge in [-0.2, -0.15) is 0 Å². The Morgan fingerprint density at radius 1 is 0.925 bits per heavy atom. The average molecular weight is 564 g/mol. The Labute approximate surface area is 226 Å². The Bertz CT molecular complexity index is 1460. The molecule has 2 heterocycles. The van der Waals surface area contributed by atoms with Crippen LogP contribution in [0.1, 0.15) is 6.92 Å². The molecule has 5 N–H and O–H groups in total. The fraction of sp³-hybridized carbons (Fsp3) is 0.385. The van der Waals surface area contributed by atoms with Gasteiger partial charge in [0.15, 0.2) is 28.3 Å². The van der Waals surface area contributed by atoms with E-state index in [0.29, 0.717) is 0 Å². The van der Waals surface area contributed by atoms with Crippen LogP contribution in [-0.4, -0.2) is 90.1 Å². The molecular weight excluding hydrogens is 536 g/mol. The van der Waals surface area contributed by atoms with Crippen LogP contribution >= 0.6 is 0 Å². The lowest BCUT2D eigenvalue weighted by Gasteiger charge is -2.40. The minimum absolute atomic E-state index is 0.0155. The van der Waals surface area contributed by atoms with Crippen molar-refractivity contribution in [3.8, 4) is 45.8 Å². The van der Waals surface area contributed by atoms with Gasteiger partial charge in [-0.1, -0.05) is 0 Å². The lowest BCUT2D eigenvalue weighted by molar-refractivity contribution is -0.278. The van der Waals surface area contributed by atoms with Crippen molar-refractivity contribution in [1.29, 1.82) is 0 Å². The van der Waals surface area contributed by atoms with E-state index in [1.54, 1.807) is 0 Å². The third kappa shape index (κ3) is 5.16. The summed E-state index contributed by atoms with van der Waals surface area (Å²) in [4.78, 5) is 24.7. The summed E-state index contributed by atoms with van der Waals surface area (Å²) in [6, 6.07) is 5.38. The molecule has 0 amide bonds. The van der Waals surface area contributed by atoms with Gasteiger partial charge in [0, 0.05) is 18.6 Å². The first-order chi connectivity index (χ1) is 19.0. The van der Waals surface area contributed by atoms with E-state index in [2.05, 4.69) is 0 Å². The van der Waals surface area contributed by atoms with Crippen molar-refractivity contribution in [3.05, 3.63) is 34.5 Å². The Hall–Kier alpha value is -4.24. The van der Waals surface area contributed by atoms with Crippen LogP contribution in [0.5, 0.6) is 34.5 Å². The van der Waals surface area contributed by atoms with Gasteiger partial charge in [-0.15, -0.1) is 0 Å². The molecule has 0 radical (unpaired) electrons. The number of fused-ring (bicyclic) bond motifs is 1. The number of ether oxygens (including phenoxy) is 6. The first-order valence-corrected chi connectivity index (χ1v) is 11.8. The average Bonchev–Trinajstić information content (AvgIpc) is 2.92. The van der Waals surface area contributed by atoms with Gasteiger partial charge in [-0.25, -0.2) is 0 Å². The predicted octanol–water partition coefficient (Wildman–Crippen LogP) is 0.646. The van der Waals surface area contributed by atoms with Crippen LogP contribution in [0.4, 0.5) is 0 Å². The standard InChI is InChI=1S/C26H28O14/c1-10(27)37-9-16-18(30)19(31)20(32)26(39-16)40-23-17-13(29)8-15(11-5-6-14(34-2)12(28)7-11)38-22(17)24(35-3)21(33)25(23)36-4/h5-8,16,18-20,26,28,30-33H,9H2,1-4H3/t16-,18-,19-,20-,26+/m1/s1. The van der Waals surface area contributed by atoms with Gasteiger partial charge in [0.1, 0.15) is 42.2 Å². The van der Waals surface area contributed by atoms with E-state index < -0.39 is 60.2 Å². The number of carbonyl (C=O) groups is 1. The largest absolute Gasteiger partial charge is 0.504 e. The van der Waals surface area contributed by atoms with Gasteiger partial charge in [0.2, 0.25) is 23.5 Å². The highest BCUT2D eigenvalue weighted by Crippen LogP contribution is 2.50. The summed E-state index contributed by atoms with van der Waals surface area (Å²) in [6.45, 7) is 0.651. The molecule has 1 aliphatic rings. The molecule has 14 nitrogen and oxygen atoms in total. The number of rotatable bonds is 8. The first-order valence-electron chi connectivity index (χ1n) is 11.8. The Morgan fingerprint density at radius 3 is 2.23 bits per heavy atom. The van der Waals surface area contributed by atoms with Crippen LogP contribution in [0, 0.1) is 0 Å². The zero-order valence-corrected chi connectivity index (χ0v) is 21.8. The van der Waals surface area contributed by atoms with Gasteiger partial charge in [0.05, 0.1) is 21.3 Å². The molecule has 0 unspecified atom stereocenters. The van der Waals surface area contributed by atoms with Crippen LogP contribution in [-0.2, 0) is 14.3 Å². The molecule has 14 heteroatoms. The van der Waals surface area contributed by atoms with E-state index in [4.69, 9.17) is 32.8 Å². The van der Waals surface area contributed by atoms with Crippen molar-refractivity contribution in [2.45, 2.75) is 37.6 Å². The molecule has 1 aromatic heterocycles. The molecule has 5 atom stereocenters. The highest BCUT2D eigenvalue weighted by molar-refractivity contribution is 5.95. The molecular formula is C26H28O14. The number of aromatic hydroxyl groups is 2. The monoisotopic (exact) mass is 564 g/mol.